The van der Waals surface area contributed by atoms with Gasteiger partial charge in [0.2, 0.25) is 5.82 Å². The highest BCUT2D eigenvalue weighted by molar-refractivity contribution is 9.10. The van der Waals surface area contributed by atoms with Gasteiger partial charge in [0.05, 0.1) is 17.8 Å². The van der Waals surface area contributed by atoms with Crippen LogP contribution in [-0.4, -0.2) is 45.6 Å². The van der Waals surface area contributed by atoms with E-state index in [1.807, 2.05) is 10.1 Å². The number of H-pyrrole nitrogens is 2. The molecule has 11 nitrogen and oxygen atoms in total. The highest BCUT2D eigenvalue weighted by Crippen LogP contribution is 2.34. The zero-order valence-corrected chi connectivity index (χ0v) is 15.2. The molecule has 1 heterocycles. The Balaban J connectivity index is 2.01. The van der Waals surface area contributed by atoms with Crippen LogP contribution in [0.3, 0.4) is 0 Å². The fourth-order valence-corrected chi connectivity index (χ4v) is 2.27. The second kappa shape index (κ2) is 8.29. The number of rotatable bonds is 6. The van der Waals surface area contributed by atoms with Gasteiger partial charge in [-0.05, 0) is 40.5 Å². The predicted molar refractivity (Wildman–Crippen MR) is 96.7 cm³/mol. The number of anilines is 1. The van der Waals surface area contributed by atoms with E-state index in [4.69, 9.17) is 4.74 Å². The Hall–Kier alpha value is -3.15. The number of methoxy groups -OCH3 is 1. The molecular weight excluding hydrogens is 412 g/mol. The van der Waals surface area contributed by atoms with Crippen molar-refractivity contribution in [3.63, 3.8) is 0 Å². The maximum Gasteiger partial charge on any atom is 0.342 e. The van der Waals surface area contributed by atoms with Crippen LogP contribution < -0.4 is 26.7 Å². The lowest BCUT2D eigenvalue weighted by atomic mass is 10.2. The molecule has 0 bridgehead atoms. The number of halogens is 1. The summed E-state index contributed by atoms with van der Waals surface area (Å²) in [6, 6.07) is 2.26. The summed E-state index contributed by atoms with van der Waals surface area (Å²) in [5.41, 5.74) is 1.35. The van der Waals surface area contributed by atoms with Crippen molar-refractivity contribution in [1.82, 2.24) is 20.6 Å². The van der Waals surface area contributed by atoms with E-state index in [1.165, 1.54) is 26.3 Å². The number of nitrogens with one attached hydrogen (secondary N) is 4. The molecule has 1 amide bonds. The van der Waals surface area contributed by atoms with Gasteiger partial charge in [-0.15, -0.1) is 5.10 Å². The molecule has 12 heteroatoms. The monoisotopic (exact) mass is 426 g/mol. The van der Waals surface area contributed by atoms with Gasteiger partial charge in [-0.2, -0.15) is 5.10 Å². The van der Waals surface area contributed by atoms with Gasteiger partial charge in [-0.25, -0.2) is 15.3 Å². The highest BCUT2D eigenvalue weighted by atomic mass is 79.9. The smallest absolute Gasteiger partial charge is 0.342 e. The lowest BCUT2D eigenvalue weighted by Gasteiger charge is -2.11. The SMILES string of the molecule is COc1cc(/C=N/NC(=O)[C@@H](C)Nc2n[nH]c(=O)[nH]c2=O)cc(Br)c1O. The van der Waals surface area contributed by atoms with Gasteiger partial charge in [0.25, 0.3) is 11.5 Å². The van der Waals surface area contributed by atoms with Crippen LogP contribution in [0, 0.1) is 0 Å². The fourth-order valence-electron chi connectivity index (χ4n) is 1.81. The number of amides is 1. The first-order valence-corrected chi connectivity index (χ1v) is 7.96. The minimum Gasteiger partial charge on any atom is -0.503 e. The summed E-state index contributed by atoms with van der Waals surface area (Å²) >= 11 is 3.18. The summed E-state index contributed by atoms with van der Waals surface area (Å²) in [7, 11) is 1.41. The van der Waals surface area contributed by atoms with Gasteiger partial charge in [0, 0.05) is 0 Å². The van der Waals surface area contributed by atoms with E-state index in [2.05, 4.69) is 36.9 Å². The summed E-state index contributed by atoms with van der Waals surface area (Å²) in [5, 5.41) is 21.6. The van der Waals surface area contributed by atoms with Gasteiger partial charge >= 0.3 is 5.69 Å². The Labute approximate surface area is 154 Å². The van der Waals surface area contributed by atoms with Crippen LogP contribution in [0.1, 0.15) is 12.5 Å². The van der Waals surface area contributed by atoms with Crippen molar-refractivity contribution >= 4 is 33.9 Å². The van der Waals surface area contributed by atoms with Gasteiger partial charge < -0.3 is 15.2 Å². The average molecular weight is 427 g/mol. The number of phenolic OH excluding ortho intramolecular Hbond substituents is 1. The van der Waals surface area contributed by atoms with Gasteiger partial charge in [0.15, 0.2) is 11.5 Å². The zero-order chi connectivity index (χ0) is 19.3. The molecule has 0 unspecified atom stereocenters. The fraction of sp³-hybridized carbons (Fsp3) is 0.214. The molecule has 138 valence electrons. The number of aromatic nitrogens is 3. The van der Waals surface area contributed by atoms with Gasteiger partial charge in [0.1, 0.15) is 6.04 Å². The lowest BCUT2D eigenvalue weighted by Crippen LogP contribution is -2.38. The van der Waals surface area contributed by atoms with E-state index in [0.29, 0.717) is 10.0 Å². The molecule has 0 saturated carbocycles. The third kappa shape index (κ3) is 4.69. The van der Waals surface area contributed by atoms with Gasteiger partial charge in [-0.3, -0.25) is 14.6 Å². The number of hydrogen-bond donors (Lipinski definition) is 5. The van der Waals surface area contributed by atoms with Crippen LogP contribution >= 0.6 is 15.9 Å². The Morgan fingerprint density at radius 3 is 2.85 bits per heavy atom. The van der Waals surface area contributed by atoms with E-state index in [0.717, 1.165) is 0 Å². The average Bonchev–Trinajstić information content (AvgIpc) is 2.60. The second-order valence-corrected chi connectivity index (χ2v) is 5.86. The van der Waals surface area contributed by atoms with Crippen molar-refractivity contribution < 1.29 is 14.6 Å². The Morgan fingerprint density at radius 2 is 2.19 bits per heavy atom. The van der Waals surface area contributed by atoms with Crippen molar-refractivity contribution in [3.8, 4) is 11.5 Å². The van der Waals surface area contributed by atoms with Crippen LogP contribution in [-0.2, 0) is 4.79 Å². The number of phenols is 1. The molecule has 2 aromatic rings. The van der Waals surface area contributed by atoms with E-state index >= 15 is 0 Å². The minimum absolute atomic E-state index is 0.0508. The first-order chi connectivity index (χ1) is 12.3. The van der Waals surface area contributed by atoms with Crippen LogP contribution in [0.2, 0.25) is 0 Å². The standard InChI is InChI=1S/C14H15BrN6O5/c1-6(17-11-13(24)18-14(25)21-19-11)12(23)20-16-5-7-3-8(15)10(22)9(4-7)26-2/h3-6,22H,1-2H3,(H,17,19)(H,20,23)(H2,18,21,24,25)/b16-5+/t6-/m1/s1. The molecule has 0 aliphatic heterocycles. The van der Waals surface area contributed by atoms with Crippen molar-refractivity contribution in [2.24, 2.45) is 5.10 Å². The third-order valence-corrected chi connectivity index (χ3v) is 3.72. The number of aromatic hydroxyl groups is 1. The summed E-state index contributed by atoms with van der Waals surface area (Å²) in [5.74, 6) is -0.558. The first-order valence-electron chi connectivity index (χ1n) is 7.16. The number of ether oxygens (including phenoxy) is 1. The molecule has 26 heavy (non-hydrogen) atoms. The van der Waals surface area contributed by atoms with E-state index in [-0.39, 0.29) is 17.3 Å². The van der Waals surface area contributed by atoms with E-state index < -0.39 is 23.2 Å². The van der Waals surface area contributed by atoms with Gasteiger partial charge in [-0.1, -0.05) is 0 Å². The number of hydrazone groups is 1. The molecule has 1 aromatic heterocycles. The summed E-state index contributed by atoms with van der Waals surface area (Å²) < 4.78 is 5.42. The number of benzene rings is 1. The quantitative estimate of drug-likeness (QED) is 0.317. The van der Waals surface area contributed by atoms with Crippen molar-refractivity contribution in [1.29, 1.82) is 0 Å². The maximum atomic E-state index is 12.0. The van der Waals surface area contributed by atoms with E-state index in [1.54, 1.807) is 6.07 Å². The van der Waals surface area contributed by atoms with E-state index in [9.17, 15) is 19.5 Å². The molecular formula is C14H15BrN6O5. The minimum atomic E-state index is -0.854. The van der Waals surface area contributed by atoms with Crippen molar-refractivity contribution in [2.75, 3.05) is 12.4 Å². The maximum absolute atomic E-state index is 12.0. The molecule has 0 fully saturated rings. The second-order valence-electron chi connectivity index (χ2n) is 5.01. The summed E-state index contributed by atoms with van der Waals surface area (Å²) in [6.45, 7) is 1.48. The Kier molecular flexibility index (Phi) is 6.11. The van der Waals surface area contributed by atoms with Crippen LogP contribution in [0.5, 0.6) is 11.5 Å². The molecule has 0 radical (unpaired) electrons. The molecule has 1 aromatic carbocycles. The molecule has 5 N–H and O–H groups in total. The molecule has 0 spiro atoms. The third-order valence-electron chi connectivity index (χ3n) is 3.12. The summed E-state index contributed by atoms with van der Waals surface area (Å²) in [6.07, 6.45) is 1.35. The zero-order valence-electron chi connectivity index (χ0n) is 13.7. The number of aromatic amines is 2. The topological polar surface area (TPSA) is 162 Å². The first kappa shape index (κ1) is 19.2. The lowest BCUT2D eigenvalue weighted by molar-refractivity contribution is -0.121. The number of hydrogen-bond acceptors (Lipinski definition) is 8. The summed E-state index contributed by atoms with van der Waals surface area (Å²) in [4.78, 5) is 36.4. The highest BCUT2D eigenvalue weighted by Gasteiger charge is 2.14. The number of nitrogens with zero attached hydrogens (tertiary/aromatic N) is 2. The molecule has 0 aliphatic carbocycles. The van der Waals surface area contributed by atoms with Crippen LogP contribution in [0.15, 0.2) is 31.3 Å². The number of carbonyl (C=O) groups excluding carboxylic acids is 1. The predicted octanol–water partition coefficient (Wildman–Crippen LogP) is -0.114. The van der Waals surface area contributed by atoms with Crippen molar-refractivity contribution in [2.45, 2.75) is 13.0 Å². The van der Waals surface area contributed by atoms with Crippen LogP contribution in [0.25, 0.3) is 0 Å². The molecule has 2 rings (SSSR count). The molecule has 0 aliphatic rings. The number of carbonyl (C=O) groups is 1. The largest absolute Gasteiger partial charge is 0.503 e. The molecule has 0 saturated heterocycles. The normalized spacial score (nSPS) is 12.0. The molecule has 1 atom stereocenters. The van der Waals surface area contributed by atoms with Crippen LogP contribution in [0.4, 0.5) is 5.82 Å². The Bertz CT molecular complexity index is 954. The van der Waals surface area contributed by atoms with Crippen molar-refractivity contribution in [3.05, 3.63) is 43.0 Å². The Morgan fingerprint density at radius 1 is 1.46 bits per heavy atom.